The highest BCUT2D eigenvalue weighted by molar-refractivity contribution is 7.11. The fraction of sp³-hybridized carbons (Fsp3) is 0.278. The molecule has 1 aliphatic rings. The van der Waals surface area contributed by atoms with Crippen LogP contribution in [-0.4, -0.2) is 30.3 Å². The Labute approximate surface area is 139 Å². The van der Waals surface area contributed by atoms with Crippen molar-refractivity contribution in [2.75, 3.05) is 19.6 Å². The van der Waals surface area contributed by atoms with Crippen molar-refractivity contribution < 1.29 is 4.79 Å². The normalized spacial score (nSPS) is 20.1. The number of hydrogen-bond acceptors (Lipinski definition) is 4. The molecule has 2 aromatic rings. The Morgan fingerprint density at radius 2 is 1.59 bits per heavy atom. The number of hydrogen-bond donors (Lipinski definition) is 0. The Bertz CT molecular complexity index is 625. The molecular weight excluding hydrogens is 310 g/mol. The first-order chi connectivity index (χ1) is 10.8. The lowest BCUT2D eigenvalue weighted by molar-refractivity contribution is -0.113. The van der Waals surface area contributed by atoms with Crippen molar-refractivity contribution in [2.24, 2.45) is 0 Å². The van der Waals surface area contributed by atoms with Crippen LogP contribution in [0.25, 0.3) is 12.2 Å². The van der Waals surface area contributed by atoms with Gasteiger partial charge in [0.25, 0.3) is 0 Å². The predicted molar refractivity (Wildman–Crippen MR) is 96.3 cm³/mol. The van der Waals surface area contributed by atoms with E-state index in [0.29, 0.717) is 0 Å². The Hall–Kier alpha value is -1.49. The molecule has 0 amide bonds. The molecule has 0 aromatic carbocycles. The Kier molecular flexibility index (Phi) is 5.03. The number of rotatable bonds is 4. The molecule has 114 valence electrons. The first kappa shape index (κ1) is 15.4. The summed E-state index contributed by atoms with van der Waals surface area (Å²) >= 11 is 3.35. The quantitative estimate of drug-likeness (QED) is 0.766. The fourth-order valence-electron chi connectivity index (χ4n) is 2.67. The third kappa shape index (κ3) is 3.64. The zero-order valence-electron chi connectivity index (χ0n) is 12.6. The van der Waals surface area contributed by atoms with Gasteiger partial charge >= 0.3 is 0 Å². The minimum atomic E-state index is 0.203. The largest absolute Gasteiger partial charge is 0.295 e. The molecule has 3 rings (SSSR count). The lowest BCUT2D eigenvalue weighted by atomic mass is 9.96. The molecule has 0 unspecified atom stereocenters. The molecule has 1 fully saturated rings. The Morgan fingerprint density at radius 3 is 2.00 bits per heavy atom. The third-order valence-corrected chi connectivity index (χ3v) is 5.27. The van der Waals surface area contributed by atoms with E-state index in [0.717, 1.165) is 47.0 Å². The van der Waals surface area contributed by atoms with E-state index in [9.17, 15) is 4.79 Å². The molecule has 1 saturated heterocycles. The summed E-state index contributed by atoms with van der Waals surface area (Å²) in [4.78, 5) is 17.4. The lowest BCUT2D eigenvalue weighted by Crippen LogP contribution is -2.38. The zero-order chi connectivity index (χ0) is 15.4. The molecule has 0 N–H and O–H groups in total. The molecule has 0 spiro atoms. The summed E-state index contributed by atoms with van der Waals surface area (Å²) in [5.41, 5.74) is 1.81. The second-order valence-electron chi connectivity index (χ2n) is 5.41. The monoisotopic (exact) mass is 329 g/mol. The van der Waals surface area contributed by atoms with Crippen molar-refractivity contribution >= 4 is 40.6 Å². The number of thiophene rings is 2. The summed E-state index contributed by atoms with van der Waals surface area (Å²) in [7, 11) is 0. The average molecular weight is 329 g/mol. The van der Waals surface area contributed by atoms with Gasteiger partial charge in [-0.3, -0.25) is 9.69 Å². The second-order valence-corrected chi connectivity index (χ2v) is 7.37. The molecule has 1 aliphatic heterocycles. The molecule has 3 heterocycles. The molecule has 4 heteroatoms. The van der Waals surface area contributed by atoms with Crippen LogP contribution < -0.4 is 0 Å². The minimum absolute atomic E-state index is 0.203. The van der Waals surface area contributed by atoms with Crippen molar-refractivity contribution in [3.8, 4) is 0 Å². The number of carbonyl (C=O) groups is 1. The number of carbonyl (C=O) groups excluding carboxylic acids is 1. The van der Waals surface area contributed by atoms with E-state index in [1.54, 1.807) is 22.7 Å². The van der Waals surface area contributed by atoms with Gasteiger partial charge in [-0.1, -0.05) is 19.1 Å². The highest BCUT2D eigenvalue weighted by Crippen LogP contribution is 2.24. The van der Waals surface area contributed by atoms with E-state index in [1.165, 1.54) is 0 Å². The van der Waals surface area contributed by atoms with Gasteiger partial charge in [0.1, 0.15) is 0 Å². The summed E-state index contributed by atoms with van der Waals surface area (Å²) in [6.07, 6.45) is 5.21. The minimum Gasteiger partial charge on any atom is -0.295 e. The van der Waals surface area contributed by atoms with Gasteiger partial charge < -0.3 is 0 Å². The second kappa shape index (κ2) is 7.18. The number of piperidine rings is 1. The highest BCUT2D eigenvalue weighted by atomic mass is 32.1. The maximum atomic E-state index is 12.8. The summed E-state index contributed by atoms with van der Waals surface area (Å²) in [5, 5.41) is 4.10. The van der Waals surface area contributed by atoms with Gasteiger partial charge in [0, 0.05) is 34.0 Å². The summed E-state index contributed by atoms with van der Waals surface area (Å²) in [6, 6.07) is 8.17. The topological polar surface area (TPSA) is 20.3 Å². The number of Topliss-reactive ketones (excluding diaryl/α,β-unsaturated/α-hetero) is 1. The van der Waals surface area contributed by atoms with Crippen LogP contribution >= 0.6 is 22.7 Å². The fourth-order valence-corrected chi connectivity index (χ4v) is 4.04. The molecule has 0 saturated carbocycles. The van der Waals surface area contributed by atoms with Gasteiger partial charge in [-0.05, 0) is 48.0 Å². The average Bonchev–Trinajstić information content (AvgIpc) is 3.17. The Balaban J connectivity index is 1.91. The van der Waals surface area contributed by atoms with E-state index in [-0.39, 0.29) is 5.78 Å². The molecule has 2 nitrogen and oxygen atoms in total. The zero-order valence-corrected chi connectivity index (χ0v) is 14.3. The van der Waals surface area contributed by atoms with E-state index in [2.05, 4.69) is 36.1 Å². The maximum absolute atomic E-state index is 12.8. The van der Waals surface area contributed by atoms with Crippen LogP contribution in [0.4, 0.5) is 0 Å². The molecule has 0 bridgehead atoms. The van der Waals surface area contributed by atoms with Gasteiger partial charge in [-0.15, -0.1) is 22.7 Å². The van der Waals surface area contributed by atoms with Crippen LogP contribution in [0.3, 0.4) is 0 Å². The molecule has 0 aliphatic carbocycles. The first-order valence-corrected chi connectivity index (χ1v) is 9.27. The summed E-state index contributed by atoms with van der Waals surface area (Å²) in [5.74, 6) is 0.203. The van der Waals surface area contributed by atoms with Crippen molar-refractivity contribution in [2.45, 2.75) is 13.3 Å². The van der Waals surface area contributed by atoms with Crippen LogP contribution in [0.1, 0.15) is 23.1 Å². The molecule has 22 heavy (non-hydrogen) atoms. The third-order valence-electron chi connectivity index (χ3n) is 3.63. The van der Waals surface area contributed by atoms with Crippen molar-refractivity contribution in [1.29, 1.82) is 0 Å². The molecular formula is C18H19NOS2. The van der Waals surface area contributed by atoms with E-state index in [4.69, 9.17) is 0 Å². The molecule has 0 radical (unpaired) electrons. The smallest absolute Gasteiger partial charge is 0.187 e. The van der Waals surface area contributed by atoms with Gasteiger partial charge in [0.05, 0.1) is 0 Å². The lowest BCUT2D eigenvalue weighted by Gasteiger charge is -2.29. The SMILES string of the molecule is CCCN1C/C(=C/c2cccs2)C(=O)/C(=C/c2cccs2)C1. The van der Waals surface area contributed by atoms with Crippen LogP contribution in [0.15, 0.2) is 46.2 Å². The van der Waals surface area contributed by atoms with Gasteiger partial charge in [-0.25, -0.2) is 0 Å². The standard InChI is InChI=1S/C18H19NOS2/c1-2-7-19-12-14(10-16-5-3-8-21-16)18(20)15(13-19)11-17-6-4-9-22-17/h3-6,8-11H,2,7,12-13H2,1H3/b14-10-,15-11+. The highest BCUT2D eigenvalue weighted by Gasteiger charge is 2.25. The summed E-state index contributed by atoms with van der Waals surface area (Å²) in [6.45, 7) is 4.72. The van der Waals surface area contributed by atoms with E-state index < -0.39 is 0 Å². The van der Waals surface area contributed by atoms with E-state index in [1.807, 2.05) is 22.9 Å². The van der Waals surface area contributed by atoms with Gasteiger partial charge in [0.15, 0.2) is 5.78 Å². The van der Waals surface area contributed by atoms with Crippen LogP contribution in [0.2, 0.25) is 0 Å². The van der Waals surface area contributed by atoms with Gasteiger partial charge in [0.2, 0.25) is 0 Å². The Morgan fingerprint density at radius 1 is 1.05 bits per heavy atom. The van der Waals surface area contributed by atoms with Crippen LogP contribution in [0.5, 0.6) is 0 Å². The van der Waals surface area contributed by atoms with Crippen molar-refractivity contribution in [1.82, 2.24) is 4.90 Å². The number of nitrogens with zero attached hydrogens (tertiary/aromatic N) is 1. The molecule has 0 atom stereocenters. The molecule has 2 aromatic heterocycles. The summed E-state index contributed by atoms with van der Waals surface area (Å²) < 4.78 is 0. The maximum Gasteiger partial charge on any atom is 0.187 e. The van der Waals surface area contributed by atoms with Crippen molar-refractivity contribution in [3.63, 3.8) is 0 Å². The first-order valence-electron chi connectivity index (χ1n) is 7.51. The van der Waals surface area contributed by atoms with Crippen LogP contribution in [-0.2, 0) is 4.79 Å². The number of likely N-dealkylation sites (tertiary alicyclic amines) is 1. The van der Waals surface area contributed by atoms with E-state index >= 15 is 0 Å². The van der Waals surface area contributed by atoms with Crippen molar-refractivity contribution in [3.05, 3.63) is 55.9 Å². The van der Waals surface area contributed by atoms with Crippen LogP contribution in [0, 0.1) is 0 Å². The predicted octanol–water partition coefficient (Wildman–Crippen LogP) is 4.57. The van der Waals surface area contributed by atoms with Gasteiger partial charge in [-0.2, -0.15) is 0 Å². The number of ketones is 1.